The maximum Gasteiger partial charge on any atom is 0.269 e. The van der Waals surface area contributed by atoms with E-state index in [4.69, 9.17) is 27.9 Å². The van der Waals surface area contributed by atoms with Crippen LogP contribution in [0.1, 0.15) is 16.7 Å². The Morgan fingerprint density at radius 1 is 1.14 bits per heavy atom. The van der Waals surface area contributed by atoms with Gasteiger partial charge in [-0.2, -0.15) is 0 Å². The number of benzene rings is 2. The molecule has 2 aromatic rings. The average molecular weight is 326 g/mol. The molecular formula is C15H13Cl2NO3. The molecule has 0 unspecified atom stereocenters. The third-order valence-corrected chi connectivity index (χ3v) is 3.62. The van der Waals surface area contributed by atoms with Gasteiger partial charge in [-0.15, -0.1) is 0 Å². The molecule has 6 heteroatoms. The largest absolute Gasteiger partial charge is 0.488 e. The van der Waals surface area contributed by atoms with Crippen molar-refractivity contribution in [3.63, 3.8) is 0 Å². The van der Waals surface area contributed by atoms with Crippen LogP contribution in [0, 0.1) is 24.0 Å². The Kier molecular flexibility index (Phi) is 4.70. The van der Waals surface area contributed by atoms with Gasteiger partial charge >= 0.3 is 0 Å². The van der Waals surface area contributed by atoms with Crippen molar-refractivity contribution in [2.45, 2.75) is 20.5 Å². The van der Waals surface area contributed by atoms with Crippen molar-refractivity contribution in [3.8, 4) is 5.75 Å². The van der Waals surface area contributed by atoms with Gasteiger partial charge in [0.25, 0.3) is 5.69 Å². The molecule has 0 saturated heterocycles. The molecule has 4 nitrogen and oxygen atoms in total. The summed E-state index contributed by atoms with van der Waals surface area (Å²) in [5, 5.41) is 11.9. The molecule has 0 fully saturated rings. The highest BCUT2D eigenvalue weighted by molar-refractivity contribution is 6.31. The Morgan fingerprint density at radius 2 is 1.76 bits per heavy atom. The normalized spacial score (nSPS) is 10.5. The van der Waals surface area contributed by atoms with E-state index in [0.29, 0.717) is 21.4 Å². The van der Waals surface area contributed by atoms with Crippen molar-refractivity contribution < 1.29 is 9.66 Å². The monoisotopic (exact) mass is 325 g/mol. The zero-order valence-corrected chi connectivity index (χ0v) is 13.0. The number of nitrogens with zero attached hydrogens (tertiary/aromatic N) is 1. The van der Waals surface area contributed by atoms with Crippen LogP contribution in [0.15, 0.2) is 30.3 Å². The fraction of sp³-hybridized carbons (Fsp3) is 0.200. The van der Waals surface area contributed by atoms with Gasteiger partial charge in [0, 0.05) is 27.7 Å². The molecule has 2 aromatic carbocycles. The number of nitro groups is 1. The third kappa shape index (κ3) is 3.65. The van der Waals surface area contributed by atoms with E-state index in [-0.39, 0.29) is 12.3 Å². The van der Waals surface area contributed by atoms with E-state index >= 15 is 0 Å². The lowest BCUT2D eigenvalue weighted by Gasteiger charge is -2.13. The van der Waals surface area contributed by atoms with Gasteiger partial charge in [-0.3, -0.25) is 10.1 Å². The molecule has 2 rings (SSSR count). The van der Waals surface area contributed by atoms with Crippen LogP contribution in [0.2, 0.25) is 10.0 Å². The summed E-state index contributed by atoms with van der Waals surface area (Å²) in [5.74, 6) is 0.710. The minimum absolute atomic E-state index is 0.0115. The molecule has 0 heterocycles. The highest BCUT2D eigenvalue weighted by Crippen LogP contribution is 2.29. The quantitative estimate of drug-likeness (QED) is 0.580. The van der Waals surface area contributed by atoms with Gasteiger partial charge in [0.2, 0.25) is 0 Å². The van der Waals surface area contributed by atoms with Gasteiger partial charge in [-0.05, 0) is 43.2 Å². The number of hydrogen-bond donors (Lipinski definition) is 0. The number of rotatable bonds is 4. The van der Waals surface area contributed by atoms with Crippen LogP contribution in [-0.2, 0) is 6.61 Å². The van der Waals surface area contributed by atoms with E-state index in [1.165, 1.54) is 18.2 Å². The minimum Gasteiger partial charge on any atom is -0.488 e. The van der Waals surface area contributed by atoms with Gasteiger partial charge in [0.15, 0.2) is 0 Å². The zero-order valence-electron chi connectivity index (χ0n) is 11.5. The number of hydrogen-bond acceptors (Lipinski definition) is 3. The van der Waals surface area contributed by atoms with Gasteiger partial charge in [-0.1, -0.05) is 23.2 Å². The van der Waals surface area contributed by atoms with Gasteiger partial charge in [0.1, 0.15) is 12.4 Å². The van der Waals surface area contributed by atoms with Gasteiger partial charge in [0.05, 0.1) is 4.92 Å². The third-order valence-electron chi connectivity index (χ3n) is 3.04. The summed E-state index contributed by atoms with van der Waals surface area (Å²) in [6.45, 7) is 3.94. The molecule has 0 saturated carbocycles. The fourth-order valence-corrected chi connectivity index (χ4v) is 2.56. The maximum absolute atomic E-state index is 10.8. The molecule has 0 bridgehead atoms. The van der Waals surface area contributed by atoms with Crippen LogP contribution in [-0.4, -0.2) is 4.92 Å². The summed E-state index contributed by atoms with van der Waals surface area (Å²) in [5.41, 5.74) is 2.37. The Morgan fingerprint density at radius 3 is 2.33 bits per heavy atom. The minimum atomic E-state index is -0.460. The first-order chi connectivity index (χ1) is 9.88. The summed E-state index contributed by atoms with van der Waals surface area (Å²) < 4.78 is 5.76. The second kappa shape index (κ2) is 6.33. The second-order valence-corrected chi connectivity index (χ2v) is 5.53. The topological polar surface area (TPSA) is 52.4 Å². The molecule has 0 spiro atoms. The molecule has 0 aliphatic heterocycles. The molecular weight excluding hydrogens is 313 g/mol. The standard InChI is InChI=1S/C15H13Cl2NO3/c1-9-5-12(16)6-10(2)15(9)21-8-11-7-13(18(19)20)3-4-14(11)17/h3-7H,8H2,1-2H3. The summed E-state index contributed by atoms with van der Waals surface area (Å²) in [4.78, 5) is 10.3. The van der Waals surface area contributed by atoms with Crippen LogP contribution >= 0.6 is 23.2 Å². The van der Waals surface area contributed by atoms with E-state index in [2.05, 4.69) is 0 Å². The average Bonchev–Trinajstić information content (AvgIpc) is 2.39. The van der Waals surface area contributed by atoms with Crippen LogP contribution in [0.25, 0.3) is 0 Å². The van der Waals surface area contributed by atoms with Crippen molar-refractivity contribution in [3.05, 3.63) is 67.2 Å². The van der Waals surface area contributed by atoms with Crippen LogP contribution in [0.4, 0.5) is 5.69 Å². The Labute approximate surface area is 132 Å². The number of aryl methyl sites for hydroxylation is 2. The lowest BCUT2D eigenvalue weighted by molar-refractivity contribution is -0.384. The highest BCUT2D eigenvalue weighted by Gasteiger charge is 2.12. The number of halogens is 2. The first-order valence-corrected chi connectivity index (χ1v) is 6.96. The maximum atomic E-state index is 10.8. The summed E-state index contributed by atoms with van der Waals surface area (Å²) >= 11 is 12.0. The number of non-ortho nitro benzene ring substituents is 1. The van der Waals surface area contributed by atoms with Crippen molar-refractivity contribution in [2.75, 3.05) is 0 Å². The molecule has 0 atom stereocenters. The Balaban J connectivity index is 2.24. The van der Waals surface area contributed by atoms with E-state index in [9.17, 15) is 10.1 Å². The predicted molar refractivity (Wildman–Crippen MR) is 83.4 cm³/mol. The highest BCUT2D eigenvalue weighted by atomic mass is 35.5. The van der Waals surface area contributed by atoms with E-state index in [1.54, 1.807) is 12.1 Å². The van der Waals surface area contributed by atoms with Crippen LogP contribution < -0.4 is 4.74 Å². The van der Waals surface area contributed by atoms with Crippen LogP contribution in [0.3, 0.4) is 0 Å². The van der Waals surface area contributed by atoms with Crippen LogP contribution in [0.5, 0.6) is 5.75 Å². The van der Waals surface area contributed by atoms with Crippen molar-refractivity contribution in [1.29, 1.82) is 0 Å². The number of ether oxygens (including phenoxy) is 1. The van der Waals surface area contributed by atoms with E-state index < -0.39 is 4.92 Å². The lowest BCUT2D eigenvalue weighted by Crippen LogP contribution is -2.01. The molecule has 0 N–H and O–H groups in total. The molecule has 0 aliphatic rings. The van der Waals surface area contributed by atoms with E-state index in [0.717, 1.165) is 11.1 Å². The zero-order chi connectivity index (χ0) is 15.6. The van der Waals surface area contributed by atoms with Gasteiger partial charge < -0.3 is 4.74 Å². The molecule has 0 radical (unpaired) electrons. The Hall–Kier alpha value is -1.78. The lowest BCUT2D eigenvalue weighted by atomic mass is 10.1. The molecule has 21 heavy (non-hydrogen) atoms. The second-order valence-electron chi connectivity index (χ2n) is 4.69. The first kappa shape index (κ1) is 15.6. The van der Waals surface area contributed by atoms with Crippen molar-refractivity contribution in [1.82, 2.24) is 0 Å². The summed E-state index contributed by atoms with van der Waals surface area (Å²) in [6, 6.07) is 7.89. The number of nitro benzene ring substituents is 1. The molecule has 110 valence electrons. The molecule has 0 aliphatic carbocycles. The SMILES string of the molecule is Cc1cc(Cl)cc(C)c1OCc1cc([N+](=O)[O-])ccc1Cl. The first-order valence-electron chi connectivity index (χ1n) is 6.21. The van der Waals surface area contributed by atoms with E-state index in [1.807, 2.05) is 13.8 Å². The predicted octanol–water partition coefficient (Wildman–Crippen LogP) is 5.10. The Bertz CT molecular complexity index is 678. The fourth-order valence-electron chi connectivity index (χ4n) is 2.06. The summed E-state index contributed by atoms with van der Waals surface area (Å²) in [6.07, 6.45) is 0. The molecule has 0 amide bonds. The van der Waals surface area contributed by atoms with Crippen molar-refractivity contribution in [2.24, 2.45) is 0 Å². The molecule has 0 aromatic heterocycles. The summed E-state index contributed by atoms with van der Waals surface area (Å²) in [7, 11) is 0. The smallest absolute Gasteiger partial charge is 0.269 e. The van der Waals surface area contributed by atoms with Crippen molar-refractivity contribution >= 4 is 28.9 Å². The van der Waals surface area contributed by atoms with Gasteiger partial charge in [-0.25, -0.2) is 0 Å².